The fourth-order valence-electron chi connectivity index (χ4n) is 1.82. The molecule has 0 radical (unpaired) electrons. The molecule has 0 saturated carbocycles. The lowest BCUT2D eigenvalue weighted by Gasteiger charge is -2.24. The van der Waals surface area contributed by atoms with Gasteiger partial charge in [-0.15, -0.1) is 0 Å². The van der Waals surface area contributed by atoms with Gasteiger partial charge >= 0.3 is 0 Å². The molecule has 0 spiro atoms. The first-order chi connectivity index (χ1) is 8.22. The Labute approximate surface area is 113 Å². The molecule has 0 aromatic carbocycles. The lowest BCUT2D eigenvalue weighted by atomic mass is 10.2. The molecule has 1 atom stereocenters. The second-order valence-corrected chi connectivity index (χ2v) is 5.91. The van der Waals surface area contributed by atoms with Crippen LogP contribution >= 0.6 is 11.8 Å². The van der Waals surface area contributed by atoms with Gasteiger partial charge in [-0.3, -0.25) is 0 Å². The first-order valence-electron chi connectivity index (χ1n) is 7.12. The SMILES string of the molecule is CCCNCCCCCN(C)C(C)CCSC. The van der Waals surface area contributed by atoms with Crippen molar-refractivity contribution in [3.05, 3.63) is 0 Å². The van der Waals surface area contributed by atoms with E-state index in [1.54, 1.807) is 0 Å². The third-order valence-corrected chi connectivity index (χ3v) is 3.93. The average Bonchev–Trinajstić information content (AvgIpc) is 2.34. The largest absolute Gasteiger partial charge is 0.317 e. The maximum Gasteiger partial charge on any atom is 0.00717 e. The number of thioether (sulfide) groups is 1. The van der Waals surface area contributed by atoms with Crippen molar-refractivity contribution in [2.24, 2.45) is 0 Å². The Hall–Kier alpha value is 0.270. The molecule has 104 valence electrons. The molecule has 0 aromatic rings. The first-order valence-corrected chi connectivity index (χ1v) is 8.51. The van der Waals surface area contributed by atoms with E-state index in [-0.39, 0.29) is 0 Å². The van der Waals surface area contributed by atoms with Crippen LogP contribution in [0.2, 0.25) is 0 Å². The molecule has 17 heavy (non-hydrogen) atoms. The summed E-state index contributed by atoms with van der Waals surface area (Å²) in [7, 11) is 2.26. The van der Waals surface area contributed by atoms with Gasteiger partial charge in [0, 0.05) is 6.04 Å². The summed E-state index contributed by atoms with van der Waals surface area (Å²) >= 11 is 1.95. The van der Waals surface area contributed by atoms with Crippen molar-refractivity contribution >= 4 is 11.8 Å². The molecule has 0 fully saturated rings. The number of unbranched alkanes of at least 4 members (excludes halogenated alkanes) is 2. The number of nitrogens with zero attached hydrogens (tertiary/aromatic N) is 1. The predicted molar refractivity (Wildman–Crippen MR) is 82.1 cm³/mol. The van der Waals surface area contributed by atoms with E-state index in [4.69, 9.17) is 0 Å². The van der Waals surface area contributed by atoms with Crippen LogP contribution in [0, 0.1) is 0 Å². The number of hydrogen-bond donors (Lipinski definition) is 1. The third kappa shape index (κ3) is 11.1. The third-order valence-electron chi connectivity index (χ3n) is 3.28. The topological polar surface area (TPSA) is 15.3 Å². The summed E-state index contributed by atoms with van der Waals surface area (Å²) in [5.41, 5.74) is 0. The molecule has 1 unspecified atom stereocenters. The van der Waals surface area contributed by atoms with Gasteiger partial charge in [-0.1, -0.05) is 13.3 Å². The Morgan fingerprint density at radius 1 is 1.18 bits per heavy atom. The molecular weight excluding hydrogens is 228 g/mol. The lowest BCUT2D eigenvalue weighted by Crippen LogP contribution is -2.30. The van der Waals surface area contributed by atoms with Crippen LogP contribution in [0.1, 0.15) is 46.0 Å². The molecule has 1 N–H and O–H groups in total. The van der Waals surface area contributed by atoms with Crippen LogP contribution in [-0.4, -0.2) is 49.6 Å². The second-order valence-electron chi connectivity index (χ2n) is 4.92. The lowest BCUT2D eigenvalue weighted by molar-refractivity contribution is 0.247. The predicted octanol–water partition coefficient (Wildman–Crippen LogP) is 3.23. The van der Waals surface area contributed by atoms with Crippen LogP contribution in [-0.2, 0) is 0 Å². The van der Waals surface area contributed by atoms with Crippen molar-refractivity contribution in [3.8, 4) is 0 Å². The van der Waals surface area contributed by atoms with Gasteiger partial charge in [0.05, 0.1) is 0 Å². The van der Waals surface area contributed by atoms with Crippen LogP contribution < -0.4 is 5.32 Å². The molecule has 0 amide bonds. The van der Waals surface area contributed by atoms with Gasteiger partial charge in [0.1, 0.15) is 0 Å². The number of nitrogens with one attached hydrogen (secondary N) is 1. The average molecular weight is 260 g/mol. The highest BCUT2D eigenvalue weighted by Crippen LogP contribution is 2.07. The van der Waals surface area contributed by atoms with Crippen molar-refractivity contribution in [2.75, 3.05) is 38.7 Å². The van der Waals surface area contributed by atoms with Crippen LogP contribution in [0.15, 0.2) is 0 Å². The minimum absolute atomic E-state index is 0.737. The minimum Gasteiger partial charge on any atom is -0.317 e. The van der Waals surface area contributed by atoms with Gasteiger partial charge in [-0.25, -0.2) is 0 Å². The molecule has 0 aliphatic rings. The molecule has 0 rings (SSSR count). The zero-order chi connectivity index (χ0) is 12.9. The fraction of sp³-hybridized carbons (Fsp3) is 1.00. The Balaban J connectivity index is 3.28. The van der Waals surface area contributed by atoms with E-state index in [0.29, 0.717) is 0 Å². The van der Waals surface area contributed by atoms with Gasteiger partial charge < -0.3 is 10.2 Å². The van der Waals surface area contributed by atoms with Gasteiger partial charge in [0.25, 0.3) is 0 Å². The molecule has 3 heteroatoms. The van der Waals surface area contributed by atoms with E-state index in [0.717, 1.165) is 6.04 Å². The summed E-state index contributed by atoms with van der Waals surface area (Å²) in [5, 5.41) is 3.46. The number of rotatable bonds is 12. The van der Waals surface area contributed by atoms with E-state index < -0.39 is 0 Å². The normalized spacial score (nSPS) is 13.2. The van der Waals surface area contributed by atoms with Crippen molar-refractivity contribution in [2.45, 2.75) is 52.0 Å². The Morgan fingerprint density at radius 3 is 2.59 bits per heavy atom. The van der Waals surface area contributed by atoms with Crippen LogP contribution in [0.25, 0.3) is 0 Å². The molecular formula is C14H32N2S. The molecule has 0 bridgehead atoms. The molecule has 0 aliphatic heterocycles. The van der Waals surface area contributed by atoms with Gasteiger partial charge in [-0.2, -0.15) is 11.8 Å². The Bertz CT molecular complexity index is 153. The highest BCUT2D eigenvalue weighted by Gasteiger charge is 2.07. The molecule has 0 aromatic heterocycles. The van der Waals surface area contributed by atoms with Crippen molar-refractivity contribution < 1.29 is 0 Å². The highest BCUT2D eigenvalue weighted by molar-refractivity contribution is 7.98. The summed E-state index contributed by atoms with van der Waals surface area (Å²) in [5.74, 6) is 1.28. The Kier molecular flexibility index (Phi) is 12.9. The monoisotopic (exact) mass is 260 g/mol. The quantitative estimate of drug-likeness (QED) is 0.542. The standard InChI is InChI=1S/C14H32N2S/c1-5-10-15-11-7-6-8-12-16(3)14(2)9-13-17-4/h14-15H,5-13H2,1-4H3. The van der Waals surface area contributed by atoms with E-state index in [1.165, 1.54) is 57.5 Å². The maximum absolute atomic E-state index is 3.46. The zero-order valence-corrected chi connectivity index (χ0v) is 13.1. The molecule has 0 heterocycles. The van der Waals surface area contributed by atoms with Crippen molar-refractivity contribution in [3.63, 3.8) is 0 Å². The molecule has 0 saturated heterocycles. The first kappa shape index (κ1) is 17.3. The maximum atomic E-state index is 3.46. The van der Waals surface area contributed by atoms with Crippen molar-refractivity contribution in [1.82, 2.24) is 10.2 Å². The molecule has 0 aliphatic carbocycles. The summed E-state index contributed by atoms with van der Waals surface area (Å²) in [4.78, 5) is 2.51. The van der Waals surface area contributed by atoms with Crippen LogP contribution in [0.4, 0.5) is 0 Å². The van der Waals surface area contributed by atoms with E-state index in [1.807, 2.05) is 11.8 Å². The van der Waals surface area contributed by atoms with E-state index >= 15 is 0 Å². The van der Waals surface area contributed by atoms with Crippen molar-refractivity contribution in [1.29, 1.82) is 0 Å². The Morgan fingerprint density at radius 2 is 1.94 bits per heavy atom. The minimum atomic E-state index is 0.737. The van der Waals surface area contributed by atoms with Gasteiger partial charge in [0.15, 0.2) is 0 Å². The highest BCUT2D eigenvalue weighted by atomic mass is 32.2. The smallest absolute Gasteiger partial charge is 0.00717 e. The van der Waals surface area contributed by atoms with Crippen LogP contribution in [0.3, 0.4) is 0 Å². The summed E-state index contributed by atoms with van der Waals surface area (Å²) in [6, 6.07) is 0.737. The van der Waals surface area contributed by atoms with Crippen LogP contribution in [0.5, 0.6) is 0 Å². The van der Waals surface area contributed by atoms with E-state index in [2.05, 4.69) is 37.4 Å². The molecule has 2 nitrogen and oxygen atoms in total. The summed E-state index contributed by atoms with van der Waals surface area (Å²) in [6.07, 6.45) is 8.78. The fourth-order valence-corrected chi connectivity index (χ4v) is 2.40. The van der Waals surface area contributed by atoms with Gasteiger partial charge in [0.2, 0.25) is 0 Å². The zero-order valence-electron chi connectivity index (χ0n) is 12.3. The summed E-state index contributed by atoms with van der Waals surface area (Å²) in [6.45, 7) is 8.19. The van der Waals surface area contributed by atoms with E-state index in [9.17, 15) is 0 Å². The van der Waals surface area contributed by atoms with Gasteiger partial charge in [-0.05, 0) is 71.3 Å². The number of hydrogen-bond acceptors (Lipinski definition) is 3. The summed E-state index contributed by atoms with van der Waals surface area (Å²) < 4.78 is 0. The second kappa shape index (κ2) is 12.7.